The van der Waals surface area contributed by atoms with E-state index in [0.29, 0.717) is 11.1 Å². The lowest BCUT2D eigenvalue weighted by Crippen LogP contribution is -2.15. The number of carbonyl (C=O) groups excluding carboxylic acids is 2. The number of ketones is 2. The van der Waals surface area contributed by atoms with E-state index in [0.717, 1.165) is 11.1 Å². The summed E-state index contributed by atoms with van der Waals surface area (Å²) in [6, 6.07) is 17.8. The maximum atomic E-state index is 12.5. The predicted octanol–water partition coefficient (Wildman–Crippen LogP) is 4.48. The van der Waals surface area contributed by atoms with Gasteiger partial charge in [0.2, 0.25) is 11.6 Å². The topological polar surface area (TPSA) is 34.1 Å². The summed E-state index contributed by atoms with van der Waals surface area (Å²) in [7, 11) is 0. The van der Waals surface area contributed by atoms with E-state index in [4.69, 9.17) is 0 Å². The van der Waals surface area contributed by atoms with Crippen molar-refractivity contribution in [1.82, 2.24) is 0 Å². The van der Waals surface area contributed by atoms with Crippen LogP contribution in [0, 0.1) is 0 Å². The molecule has 0 bridgehead atoms. The highest BCUT2D eigenvalue weighted by Crippen LogP contribution is 2.26. The van der Waals surface area contributed by atoms with Crippen molar-refractivity contribution in [3.8, 4) is 11.1 Å². The van der Waals surface area contributed by atoms with Gasteiger partial charge in [0.15, 0.2) is 0 Å². The fourth-order valence-electron chi connectivity index (χ4n) is 2.19. The van der Waals surface area contributed by atoms with Gasteiger partial charge in [-0.2, -0.15) is 11.3 Å². The molecule has 0 aliphatic heterocycles. The Morgan fingerprint density at radius 3 is 2.19 bits per heavy atom. The molecule has 0 saturated carbocycles. The van der Waals surface area contributed by atoms with Crippen molar-refractivity contribution in [1.29, 1.82) is 0 Å². The average Bonchev–Trinajstić information content (AvgIpc) is 3.08. The van der Waals surface area contributed by atoms with E-state index in [2.05, 4.69) is 0 Å². The highest BCUT2D eigenvalue weighted by molar-refractivity contribution is 7.08. The Labute approximate surface area is 126 Å². The van der Waals surface area contributed by atoms with E-state index in [1.807, 2.05) is 35.0 Å². The van der Waals surface area contributed by atoms with Crippen LogP contribution in [0.25, 0.3) is 11.1 Å². The number of hydrogen-bond acceptors (Lipinski definition) is 3. The Morgan fingerprint density at radius 2 is 1.48 bits per heavy atom. The molecule has 1 aromatic heterocycles. The number of carbonyl (C=O) groups is 2. The van der Waals surface area contributed by atoms with Crippen molar-refractivity contribution in [2.75, 3.05) is 0 Å². The Kier molecular flexibility index (Phi) is 3.75. The van der Waals surface area contributed by atoms with Gasteiger partial charge < -0.3 is 0 Å². The molecule has 0 spiro atoms. The maximum Gasteiger partial charge on any atom is 0.234 e. The van der Waals surface area contributed by atoms with Crippen LogP contribution in [0.1, 0.15) is 20.7 Å². The van der Waals surface area contributed by atoms with Crippen molar-refractivity contribution in [3.05, 3.63) is 82.6 Å². The van der Waals surface area contributed by atoms with Crippen molar-refractivity contribution < 1.29 is 9.59 Å². The molecule has 3 aromatic rings. The zero-order chi connectivity index (χ0) is 14.7. The second-order valence-corrected chi connectivity index (χ2v) is 5.36. The second-order valence-electron chi connectivity index (χ2n) is 4.58. The monoisotopic (exact) mass is 292 g/mol. The molecule has 102 valence electrons. The van der Waals surface area contributed by atoms with Crippen LogP contribution in [0.2, 0.25) is 0 Å². The Hall–Kier alpha value is -2.52. The minimum absolute atomic E-state index is 0.419. The molecule has 1 heterocycles. The molecule has 0 unspecified atom stereocenters. The third-order valence-corrected chi connectivity index (χ3v) is 3.93. The SMILES string of the molecule is O=C(C(=O)c1ccccc1-c1ccsc1)c1ccccc1. The largest absolute Gasteiger partial charge is 0.285 e. The van der Waals surface area contributed by atoms with Crippen molar-refractivity contribution in [2.24, 2.45) is 0 Å². The molecule has 0 radical (unpaired) electrons. The van der Waals surface area contributed by atoms with Crippen LogP contribution >= 0.6 is 11.3 Å². The summed E-state index contributed by atoms with van der Waals surface area (Å²) in [6.45, 7) is 0. The Bertz CT molecular complexity index is 774. The van der Waals surface area contributed by atoms with Crippen LogP contribution in [0.5, 0.6) is 0 Å². The van der Waals surface area contributed by atoms with Crippen molar-refractivity contribution >= 4 is 22.9 Å². The van der Waals surface area contributed by atoms with Gasteiger partial charge in [-0.05, 0) is 28.0 Å². The first-order valence-corrected chi connectivity index (χ1v) is 7.47. The normalized spacial score (nSPS) is 10.3. The standard InChI is InChI=1S/C18H12O2S/c19-17(13-6-2-1-3-7-13)18(20)16-9-5-4-8-15(16)14-10-11-21-12-14/h1-12H. The molecular formula is C18H12O2S. The van der Waals surface area contributed by atoms with Gasteiger partial charge >= 0.3 is 0 Å². The number of rotatable bonds is 4. The first-order chi connectivity index (χ1) is 10.3. The van der Waals surface area contributed by atoms with Crippen LogP contribution < -0.4 is 0 Å². The summed E-state index contributed by atoms with van der Waals surface area (Å²) in [6.07, 6.45) is 0. The van der Waals surface area contributed by atoms with Crippen molar-refractivity contribution in [2.45, 2.75) is 0 Å². The first-order valence-electron chi connectivity index (χ1n) is 6.53. The maximum absolute atomic E-state index is 12.5. The Balaban J connectivity index is 2.02. The number of hydrogen-bond donors (Lipinski definition) is 0. The van der Waals surface area contributed by atoms with Crippen molar-refractivity contribution in [3.63, 3.8) is 0 Å². The van der Waals surface area contributed by atoms with Gasteiger partial charge in [0.05, 0.1) is 0 Å². The van der Waals surface area contributed by atoms with Gasteiger partial charge in [0.25, 0.3) is 0 Å². The minimum atomic E-state index is -0.474. The van der Waals surface area contributed by atoms with Crippen LogP contribution in [0.4, 0.5) is 0 Å². The zero-order valence-corrected chi connectivity index (χ0v) is 12.0. The van der Waals surface area contributed by atoms with E-state index in [-0.39, 0.29) is 0 Å². The lowest BCUT2D eigenvalue weighted by molar-refractivity contribution is 0.0817. The fraction of sp³-hybridized carbons (Fsp3) is 0. The highest BCUT2D eigenvalue weighted by Gasteiger charge is 2.21. The number of Topliss-reactive ketones (excluding diaryl/α,β-unsaturated/α-hetero) is 2. The van der Waals surface area contributed by atoms with Gasteiger partial charge in [0, 0.05) is 11.1 Å². The van der Waals surface area contributed by atoms with E-state index < -0.39 is 11.6 Å². The summed E-state index contributed by atoms with van der Waals surface area (Å²) in [4.78, 5) is 24.8. The first kappa shape index (κ1) is 13.5. The molecule has 2 nitrogen and oxygen atoms in total. The molecule has 0 saturated heterocycles. The molecule has 3 rings (SSSR count). The molecular weight excluding hydrogens is 280 g/mol. The average molecular weight is 292 g/mol. The fourth-order valence-corrected chi connectivity index (χ4v) is 2.85. The number of thiophene rings is 1. The summed E-state index contributed by atoms with van der Waals surface area (Å²) >= 11 is 1.56. The van der Waals surface area contributed by atoms with Crippen LogP contribution in [-0.4, -0.2) is 11.6 Å². The smallest absolute Gasteiger partial charge is 0.234 e. The minimum Gasteiger partial charge on any atom is -0.285 e. The zero-order valence-electron chi connectivity index (χ0n) is 11.2. The summed E-state index contributed by atoms with van der Waals surface area (Å²) in [5.41, 5.74) is 2.63. The molecule has 0 aliphatic carbocycles. The van der Waals surface area contributed by atoms with Gasteiger partial charge in [-0.25, -0.2) is 0 Å². The van der Waals surface area contributed by atoms with Gasteiger partial charge in [-0.15, -0.1) is 0 Å². The van der Waals surface area contributed by atoms with E-state index >= 15 is 0 Å². The van der Waals surface area contributed by atoms with Crippen LogP contribution in [0.3, 0.4) is 0 Å². The van der Waals surface area contributed by atoms with Gasteiger partial charge in [-0.3, -0.25) is 9.59 Å². The third-order valence-electron chi connectivity index (χ3n) is 3.25. The lowest BCUT2D eigenvalue weighted by atomic mass is 9.95. The molecule has 2 aromatic carbocycles. The highest BCUT2D eigenvalue weighted by atomic mass is 32.1. The summed E-state index contributed by atoms with van der Waals surface area (Å²) in [5.74, 6) is -0.943. The number of benzene rings is 2. The summed E-state index contributed by atoms with van der Waals surface area (Å²) in [5, 5.41) is 3.93. The molecule has 3 heteroatoms. The predicted molar refractivity (Wildman–Crippen MR) is 84.9 cm³/mol. The van der Waals surface area contributed by atoms with Gasteiger partial charge in [0.1, 0.15) is 0 Å². The lowest BCUT2D eigenvalue weighted by Gasteiger charge is -2.06. The van der Waals surface area contributed by atoms with E-state index in [1.54, 1.807) is 47.7 Å². The molecule has 0 atom stereocenters. The molecule has 0 fully saturated rings. The molecule has 0 N–H and O–H groups in total. The quantitative estimate of drug-likeness (QED) is 0.525. The Morgan fingerprint density at radius 1 is 0.762 bits per heavy atom. The third kappa shape index (κ3) is 2.69. The molecule has 0 aliphatic rings. The second kappa shape index (κ2) is 5.85. The van der Waals surface area contributed by atoms with Gasteiger partial charge in [-0.1, -0.05) is 54.6 Å². The molecule has 21 heavy (non-hydrogen) atoms. The van der Waals surface area contributed by atoms with Crippen LogP contribution in [-0.2, 0) is 0 Å². The van der Waals surface area contributed by atoms with Crippen LogP contribution in [0.15, 0.2) is 71.4 Å². The summed E-state index contributed by atoms with van der Waals surface area (Å²) < 4.78 is 0. The molecule has 0 amide bonds. The van der Waals surface area contributed by atoms with E-state index in [1.165, 1.54) is 0 Å². The van der Waals surface area contributed by atoms with E-state index in [9.17, 15) is 9.59 Å².